The summed E-state index contributed by atoms with van der Waals surface area (Å²) in [5.41, 5.74) is 7.57. The van der Waals surface area contributed by atoms with E-state index in [4.69, 9.17) is 11.0 Å². The van der Waals surface area contributed by atoms with E-state index in [1.807, 2.05) is 25.7 Å². The zero-order chi connectivity index (χ0) is 13.1. The summed E-state index contributed by atoms with van der Waals surface area (Å²) in [5.74, 6) is 0. The molecule has 0 saturated carbocycles. The number of rotatable bonds is 4. The average molecular weight is 279 g/mol. The molecule has 2 heterocycles. The van der Waals surface area contributed by atoms with Crippen molar-refractivity contribution in [3.63, 3.8) is 0 Å². The van der Waals surface area contributed by atoms with Gasteiger partial charge < -0.3 is 11.1 Å². The van der Waals surface area contributed by atoms with Gasteiger partial charge >= 0.3 is 0 Å². The molecule has 94 valence electrons. The molecule has 0 amide bonds. The van der Waals surface area contributed by atoms with E-state index in [2.05, 4.69) is 16.5 Å². The van der Waals surface area contributed by atoms with Gasteiger partial charge in [0.15, 0.2) is 0 Å². The van der Waals surface area contributed by atoms with Crippen molar-refractivity contribution in [2.75, 3.05) is 17.3 Å². The number of anilines is 2. The van der Waals surface area contributed by atoms with Gasteiger partial charge in [-0.2, -0.15) is 10.4 Å². The van der Waals surface area contributed by atoms with Gasteiger partial charge in [0.2, 0.25) is 0 Å². The maximum atomic E-state index is 8.97. The number of aromatic nitrogens is 2. The molecule has 0 aliphatic rings. The number of nitrogens with zero attached hydrogens (tertiary/aromatic N) is 3. The van der Waals surface area contributed by atoms with Crippen molar-refractivity contribution in [1.82, 2.24) is 9.78 Å². The number of hydrogen-bond acceptors (Lipinski definition) is 6. The van der Waals surface area contributed by atoms with Crippen molar-refractivity contribution in [2.45, 2.75) is 11.4 Å². The van der Waals surface area contributed by atoms with E-state index in [9.17, 15) is 0 Å². The Hall–Kier alpha value is -1.65. The number of hydrogen-bond donors (Lipinski definition) is 2. The Morgan fingerprint density at radius 3 is 3.00 bits per heavy atom. The van der Waals surface area contributed by atoms with Gasteiger partial charge in [-0.25, -0.2) is 0 Å². The minimum absolute atomic E-state index is 0.563. The maximum absolute atomic E-state index is 8.97. The third-order valence-electron chi connectivity index (χ3n) is 2.42. The Bertz CT molecular complexity index is 593. The Morgan fingerprint density at radius 2 is 2.44 bits per heavy atom. The standard InChI is InChI=1S/C11H13N5S2/c1-16-6-7(5-15-16)4-14-11-10(17-2)9(13)8(3-12)18-11/h5-6,14H,4,13H2,1-2H3. The van der Waals surface area contributed by atoms with Crippen LogP contribution in [-0.4, -0.2) is 16.0 Å². The summed E-state index contributed by atoms with van der Waals surface area (Å²) in [7, 11) is 1.88. The summed E-state index contributed by atoms with van der Waals surface area (Å²) in [6.07, 6.45) is 5.72. The van der Waals surface area contributed by atoms with Crippen LogP contribution >= 0.6 is 23.1 Å². The Morgan fingerprint density at radius 1 is 1.67 bits per heavy atom. The van der Waals surface area contributed by atoms with Crippen LogP contribution in [0.2, 0.25) is 0 Å². The summed E-state index contributed by atoms with van der Waals surface area (Å²) in [6.45, 7) is 0.673. The first-order valence-electron chi connectivity index (χ1n) is 5.23. The molecule has 0 unspecified atom stereocenters. The number of thiophene rings is 1. The number of nitrogens with one attached hydrogen (secondary N) is 1. The average Bonchev–Trinajstić information content (AvgIpc) is 2.90. The van der Waals surface area contributed by atoms with Gasteiger partial charge in [0, 0.05) is 25.4 Å². The molecule has 3 N–H and O–H groups in total. The van der Waals surface area contributed by atoms with Crippen LogP contribution in [0, 0.1) is 11.3 Å². The Kier molecular flexibility index (Phi) is 3.79. The molecule has 0 atom stereocenters. The highest BCUT2D eigenvalue weighted by molar-refractivity contribution is 7.99. The molecule has 0 fully saturated rings. The van der Waals surface area contributed by atoms with Crippen molar-refractivity contribution in [3.05, 3.63) is 22.8 Å². The van der Waals surface area contributed by atoms with Crippen LogP contribution in [0.25, 0.3) is 0 Å². The lowest BCUT2D eigenvalue weighted by Crippen LogP contribution is -1.98. The SMILES string of the molecule is CSc1c(NCc2cnn(C)c2)sc(C#N)c1N. The first-order valence-corrected chi connectivity index (χ1v) is 7.27. The molecule has 0 aliphatic carbocycles. The lowest BCUT2D eigenvalue weighted by atomic mass is 10.3. The predicted molar refractivity (Wildman–Crippen MR) is 75.8 cm³/mol. The molecule has 5 nitrogen and oxygen atoms in total. The molecule has 0 aromatic carbocycles. The number of nitrogen functional groups attached to an aromatic ring is 1. The molecule has 0 saturated heterocycles. The highest BCUT2D eigenvalue weighted by Crippen LogP contribution is 2.41. The second kappa shape index (κ2) is 5.33. The molecule has 0 radical (unpaired) electrons. The molecule has 0 spiro atoms. The minimum Gasteiger partial charge on any atom is -0.396 e. The molecular weight excluding hydrogens is 266 g/mol. The monoisotopic (exact) mass is 279 g/mol. The first kappa shape index (κ1) is 12.8. The zero-order valence-electron chi connectivity index (χ0n) is 10.1. The summed E-state index contributed by atoms with van der Waals surface area (Å²) >= 11 is 2.94. The summed E-state index contributed by atoms with van der Waals surface area (Å²) in [4.78, 5) is 1.51. The number of thioether (sulfide) groups is 1. The fraction of sp³-hybridized carbons (Fsp3) is 0.273. The van der Waals surface area contributed by atoms with Crippen LogP contribution in [0.4, 0.5) is 10.7 Å². The minimum atomic E-state index is 0.563. The number of aryl methyl sites for hydroxylation is 1. The molecule has 2 aromatic rings. The fourth-order valence-corrected chi connectivity index (χ4v) is 3.40. The van der Waals surface area contributed by atoms with E-state index in [1.54, 1.807) is 16.4 Å². The van der Waals surface area contributed by atoms with Gasteiger partial charge in [-0.3, -0.25) is 4.68 Å². The molecule has 2 aromatic heterocycles. The third-order valence-corrected chi connectivity index (χ3v) is 4.45. The van der Waals surface area contributed by atoms with Gasteiger partial charge in [-0.05, 0) is 6.26 Å². The molecule has 7 heteroatoms. The van der Waals surface area contributed by atoms with Gasteiger partial charge in [0.05, 0.1) is 16.8 Å². The highest BCUT2D eigenvalue weighted by atomic mass is 32.2. The van der Waals surface area contributed by atoms with Crippen LogP contribution in [0.15, 0.2) is 17.3 Å². The predicted octanol–water partition coefficient (Wildman–Crippen LogP) is 2.27. The second-order valence-electron chi connectivity index (χ2n) is 3.69. The van der Waals surface area contributed by atoms with Crippen LogP contribution in [0.5, 0.6) is 0 Å². The van der Waals surface area contributed by atoms with Crippen LogP contribution in [0.1, 0.15) is 10.4 Å². The Labute approximate surface area is 114 Å². The molecule has 2 rings (SSSR count). The molecule has 0 aliphatic heterocycles. The van der Waals surface area contributed by atoms with E-state index in [-0.39, 0.29) is 0 Å². The first-order chi connectivity index (χ1) is 8.65. The van der Waals surface area contributed by atoms with E-state index >= 15 is 0 Å². The highest BCUT2D eigenvalue weighted by Gasteiger charge is 2.14. The van der Waals surface area contributed by atoms with E-state index in [1.165, 1.54) is 11.3 Å². The van der Waals surface area contributed by atoms with Gasteiger partial charge in [0.1, 0.15) is 15.9 Å². The lowest BCUT2D eigenvalue weighted by Gasteiger charge is -2.04. The van der Waals surface area contributed by atoms with Crippen molar-refractivity contribution >= 4 is 33.8 Å². The normalized spacial score (nSPS) is 10.3. The summed E-state index contributed by atoms with van der Waals surface area (Å²) in [5, 5.41) is 17.3. The van der Waals surface area contributed by atoms with Gasteiger partial charge in [-0.1, -0.05) is 0 Å². The number of nitriles is 1. The van der Waals surface area contributed by atoms with E-state index < -0.39 is 0 Å². The van der Waals surface area contributed by atoms with Gasteiger partial charge in [0.25, 0.3) is 0 Å². The molecule has 0 bridgehead atoms. The smallest absolute Gasteiger partial charge is 0.131 e. The van der Waals surface area contributed by atoms with Crippen molar-refractivity contribution in [2.24, 2.45) is 7.05 Å². The lowest BCUT2D eigenvalue weighted by molar-refractivity contribution is 0.767. The quantitative estimate of drug-likeness (QED) is 0.839. The topological polar surface area (TPSA) is 79.7 Å². The zero-order valence-corrected chi connectivity index (χ0v) is 11.7. The van der Waals surface area contributed by atoms with E-state index in [0.717, 1.165) is 15.5 Å². The van der Waals surface area contributed by atoms with E-state index in [0.29, 0.717) is 17.1 Å². The largest absolute Gasteiger partial charge is 0.396 e. The summed E-state index contributed by atoms with van der Waals surface area (Å²) < 4.78 is 1.76. The van der Waals surface area contributed by atoms with Gasteiger partial charge in [-0.15, -0.1) is 23.1 Å². The maximum Gasteiger partial charge on any atom is 0.131 e. The van der Waals surface area contributed by atoms with Crippen molar-refractivity contribution in [1.29, 1.82) is 5.26 Å². The van der Waals surface area contributed by atoms with Crippen LogP contribution < -0.4 is 11.1 Å². The van der Waals surface area contributed by atoms with Crippen molar-refractivity contribution < 1.29 is 0 Å². The third kappa shape index (κ3) is 2.44. The summed E-state index contributed by atoms with van der Waals surface area (Å²) in [6, 6.07) is 2.12. The number of nitrogens with two attached hydrogens (primary N) is 1. The second-order valence-corrected chi connectivity index (χ2v) is 5.53. The molecular formula is C11H13N5S2. The van der Waals surface area contributed by atoms with Crippen LogP contribution in [-0.2, 0) is 13.6 Å². The Balaban J connectivity index is 2.16. The fourth-order valence-electron chi connectivity index (χ4n) is 1.58. The molecule has 18 heavy (non-hydrogen) atoms. The van der Waals surface area contributed by atoms with Crippen LogP contribution in [0.3, 0.4) is 0 Å². The van der Waals surface area contributed by atoms with Crippen molar-refractivity contribution in [3.8, 4) is 6.07 Å².